The van der Waals surface area contributed by atoms with E-state index in [1.807, 2.05) is 0 Å². The molecule has 2 atom stereocenters. The Bertz CT molecular complexity index is 1110. The van der Waals surface area contributed by atoms with Crippen LogP contribution < -0.4 is 10.2 Å². The number of hydrogen-bond acceptors (Lipinski definition) is 6. The van der Waals surface area contributed by atoms with Crippen molar-refractivity contribution in [3.05, 3.63) is 58.6 Å². The van der Waals surface area contributed by atoms with Gasteiger partial charge in [-0.2, -0.15) is 5.11 Å². The zero-order valence-corrected chi connectivity index (χ0v) is 16.2. The Kier molecular flexibility index (Phi) is 4.94. The third-order valence-corrected chi connectivity index (χ3v) is 5.28. The molecule has 30 heavy (non-hydrogen) atoms. The Hall–Kier alpha value is -3.40. The highest BCUT2D eigenvalue weighted by Crippen LogP contribution is 2.32. The van der Waals surface area contributed by atoms with Gasteiger partial charge in [0.2, 0.25) is 5.91 Å². The van der Waals surface area contributed by atoms with Gasteiger partial charge >= 0.3 is 0 Å². The summed E-state index contributed by atoms with van der Waals surface area (Å²) in [6.45, 7) is 1.39. The van der Waals surface area contributed by atoms with Crippen molar-refractivity contribution in [2.75, 3.05) is 16.8 Å². The smallest absolute Gasteiger partial charge is 0.263 e. The number of nitrogens with one attached hydrogen (secondary N) is 1. The van der Waals surface area contributed by atoms with Crippen molar-refractivity contribution >= 4 is 40.7 Å². The molecule has 2 aromatic rings. The lowest BCUT2D eigenvalue weighted by Crippen LogP contribution is -2.43. The van der Waals surface area contributed by atoms with Gasteiger partial charge in [-0.05, 0) is 36.8 Å². The first-order valence-corrected chi connectivity index (χ1v) is 9.21. The van der Waals surface area contributed by atoms with Crippen molar-refractivity contribution in [3.8, 4) is 0 Å². The van der Waals surface area contributed by atoms with Crippen LogP contribution in [0.25, 0.3) is 0 Å². The SMILES string of the molecule is Cc1c(Cl)cccc1NC(=O)CN1N=NC2C(=O)N(c3ccc(F)c(F)c3)C(=O)C21. The fourth-order valence-electron chi connectivity index (χ4n) is 3.31. The second-order valence-corrected chi connectivity index (χ2v) is 7.17. The van der Waals surface area contributed by atoms with Gasteiger partial charge in [0.1, 0.15) is 6.54 Å². The first kappa shape index (κ1) is 19.9. The summed E-state index contributed by atoms with van der Waals surface area (Å²) in [6.07, 6.45) is 0. The number of rotatable bonds is 4. The maximum Gasteiger partial charge on any atom is 0.263 e. The van der Waals surface area contributed by atoms with E-state index in [-0.39, 0.29) is 12.2 Å². The Morgan fingerprint density at radius 3 is 2.67 bits per heavy atom. The Morgan fingerprint density at radius 2 is 1.93 bits per heavy atom. The molecule has 1 saturated heterocycles. The molecular weight excluding hydrogens is 420 g/mol. The number of benzene rings is 2. The summed E-state index contributed by atoms with van der Waals surface area (Å²) < 4.78 is 26.7. The quantitative estimate of drug-likeness (QED) is 0.750. The number of amides is 3. The highest BCUT2D eigenvalue weighted by molar-refractivity contribution is 6.31. The van der Waals surface area contributed by atoms with Crippen LogP contribution in [0.4, 0.5) is 20.2 Å². The van der Waals surface area contributed by atoms with Crippen molar-refractivity contribution in [1.29, 1.82) is 0 Å². The third-order valence-electron chi connectivity index (χ3n) is 4.87. The lowest BCUT2D eigenvalue weighted by atomic mass is 10.1. The molecule has 0 radical (unpaired) electrons. The molecule has 4 rings (SSSR count). The van der Waals surface area contributed by atoms with E-state index in [1.54, 1.807) is 25.1 Å². The summed E-state index contributed by atoms with van der Waals surface area (Å²) in [5.41, 5.74) is 1.05. The first-order valence-electron chi connectivity index (χ1n) is 8.83. The van der Waals surface area contributed by atoms with Gasteiger partial charge in [-0.25, -0.2) is 13.7 Å². The van der Waals surface area contributed by atoms with Gasteiger partial charge in [-0.3, -0.25) is 19.4 Å². The molecule has 2 aromatic carbocycles. The summed E-state index contributed by atoms with van der Waals surface area (Å²) in [5.74, 6) is -4.25. The lowest BCUT2D eigenvalue weighted by Gasteiger charge is -2.20. The molecule has 1 fully saturated rings. The summed E-state index contributed by atoms with van der Waals surface area (Å²) in [5, 5.41) is 11.8. The van der Waals surface area contributed by atoms with E-state index in [0.29, 0.717) is 16.3 Å². The van der Waals surface area contributed by atoms with E-state index in [2.05, 4.69) is 15.7 Å². The largest absolute Gasteiger partial charge is 0.324 e. The molecule has 2 unspecified atom stereocenters. The predicted octanol–water partition coefficient (Wildman–Crippen LogP) is 2.86. The molecular formula is C19H14ClF2N5O3. The molecule has 11 heteroatoms. The Labute approximate surface area is 174 Å². The van der Waals surface area contributed by atoms with E-state index in [1.165, 1.54) is 0 Å². The van der Waals surface area contributed by atoms with Crippen LogP contribution in [0.15, 0.2) is 46.7 Å². The number of imide groups is 1. The lowest BCUT2D eigenvalue weighted by molar-refractivity contribution is -0.123. The van der Waals surface area contributed by atoms with Crippen LogP contribution in [0.2, 0.25) is 5.02 Å². The number of fused-ring (bicyclic) bond motifs is 1. The van der Waals surface area contributed by atoms with Crippen molar-refractivity contribution in [1.82, 2.24) is 5.01 Å². The molecule has 3 amide bonds. The second kappa shape index (κ2) is 7.45. The number of halogens is 3. The molecule has 2 aliphatic heterocycles. The fourth-order valence-corrected chi connectivity index (χ4v) is 3.49. The first-order chi connectivity index (χ1) is 14.3. The molecule has 2 heterocycles. The number of hydrogen-bond donors (Lipinski definition) is 1. The zero-order chi connectivity index (χ0) is 21.6. The maximum absolute atomic E-state index is 13.6. The Balaban J connectivity index is 1.51. The zero-order valence-electron chi connectivity index (χ0n) is 15.5. The van der Waals surface area contributed by atoms with Gasteiger partial charge in [0.05, 0.1) is 5.69 Å². The summed E-state index contributed by atoms with van der Waals surface area (Å²) in [7, 11) is 0. The predicted molar refractivity (Wildman–Crippen MR) is 103 cm³/mol. The molecule has 0 saturated carbocycles. The number of anilines is 2. The van der Waals surface area contributed by atoms with Gasteiger partial charge in [0.15, 0.2) is 23.7 Å². The minimum absolute atomic E-state index is 0.118. The van der Waals surface area contributed by atoms with Crippen LogP contribution in [-0.4, -0.2) is 41.4 Å². The molecule has 2 aliphatic rings. The molecule has 0 bridgehead atoms. The van der Waals surface area contributed by atoms with Crippen LogP contribution in [0.3, 0.4) is 0 Å². The van der Waals surface area contributed by atoms with Gasteiger partial charge in [0.25, 0.3) is 11.8 Å². The Morgan fingerprint density at radius 1 is 1.17 bits per heavy atom. The number of carbonyl (C=O) groups excluding carboxylic acids is 3. The van der Waals surface area contributed by atoms with Crippen molar-refractivity contribution in [3.63, 3.8) is 0 Å². The van der Waals surface area contributed by atoms with E-state index in [0.717, 1.165) is 28.1 Å². The van der Waals surface area contributed by atoms with Crippen molar-refractivity contribution in [2.24, 2.45) is 10.3 Å². The summed E-state index contributed by atoms with van der Waals surface area (Å²) in [6, 6.07) is 5.41. The van der Waals surface area contributed by atoms with E-state index in [4.69, 9.17) is 11.6 Å². The number of nitrogens with zero attached hydrogens (tertiary/aromatic N) is 4. The third kappa shape index (κ3) is 3.28. The van der Waals surface area contributed by atoms with Gasteiger partial charge in [-0.15, -0.1) is 0 Å². The van der Waals surface area contributed by atoms with E-state index in [9.17, 15) is 23.2 Å². The van der Waals surface area contributed by atoms with Crippen LogP contribution >= 0.6 is 11.6 Å². The summed E-state index contributed by atoms with van der Waals surface area (Å²) in [4.78, 5) is 38.6. The van der Waals surface area contributed by atoms with E-state index >= 15 is 0 Å². The van der Waals surface area contributed by atoms with Gasteiger partial charge in [-0.1, -0.05) is 22.9 Å². The fraction of sp³-hybridized carbons (Fsp3) is 0.211. The molecule has 0 aliphatic carbocycles. The minimum atomic E-state index is -1.19. The highest BCUT2D eigenvalue weighted by atomic mass is 35.5. The molecule has 154 valence electrons. The monoisotopic (exact) mass is 433 g/mol. The van der Waals surface area contributed by atoms with Crippen LogP contribution in [-0.2, 0) is 14.4 Å². The molecule has 8 nitrogen and oxygen atoms in total. The standard InChI is InChI=1S/C19H14ClF2N5O3/c1-9-11(20)3-2-4-14(9)23-15(28)8-26-17-16(24-25-26)18(29)27(19(17)30)10-5-6-12(21)13(22)7-10/h2-7,16-17H,8H2,1H3,(H,23,28). The molecule has 0 spiro atoms. The minimum Gasteiger partial charge on any atom is -0.324 e. The average molecular weight is 434 g/mol. The number of carbonyl (C=O) groups is 3. The second-order valence-electron chi connectivity index (χ2n) is 6.76. The van der Waals surface area contributed by atoms with Gasteiger partial charge in [0, 0.05) is 16.8 Å². The summed E-state index contributed by atoms with van der Waals surface area (Å²) >= 11 is 6.04. The molecule has 0 aromatic heterocycles. The van der Waals surface area contributed by atoms with Gasteiger partial charge < -0.3 is 5.32 Å². The van der Waals surface area contributed by atoms with Crippen molar-refractivity contribution < 1.29 is 23.2 Å². The normalized spacial score (nSPS) is 20.1. The van der Waals surface area contributed by atoms with Crippen LogP contribution in [0, 0.1) is 18.6 Å². The average Bonchev–Trinajstić information content (AvgIpc) is 3.21. The highest BCUT2D eigenvalue weighted by Gasteiger charge is 2.55. The van der Waals surface area contributed by atoms with Crippen LogP contribution in [0.1, 0.15) is 5.56 Å². The van der Waals surface area contributed by atoms with Crippen molar-refractivity contribution in [2.45, 2.75) is 19.0 Å². The topological polar surface area (TPSA) is 94.4 Å². The molecule has 1 N–H and O–H groups in total. The van der Waals surface area contributed by atoms with E-state index < -0.39 is 41.4 Å². The van der Waals surface area contributed by atoms with Crippen LogP contribution in [0.5, 0.6) is 0 Å². The maximum atomic E-state index is 13.6.